The van der Waals surface area contributed by atoms with Crippen LogP contribution in [0.3, 0.4) is 0 Å². The Labute approximate surface area is 151 Å². The molecule has 6 heteroatoms. The lowest BCUT2D eigenvalue weighted by Gasteiger charge is -2.08. The van der Waals surface area contributed by atoms with Gasteiger partial charge in [0, 0.05) is 28.7 Å². The second-order valence-electron chi connectivity index (χ2n) is 6.07. The third kappa shape index (κ3) is 3.44. The van der Waals surface area contributed by atoms with Gasteiger partial charge in [0.05, 0.1) is 11.5 Å². The number of aromatic nitrogens is 1. The van der Waals surface area contributed by atoms with E-state index in [9.17, 15) is 14.9 Å². The Kier molecular flexibility index (Phi) is 5.02. The van der Waals surface area contributed by atoms with Crippen LogP contribution in [0, 0.1) is 17.0 Å². The van der Waals surface area contributed by atoms with Gasteiger partial charge >= 0.3 is 5.97 Å². The summed E-state index contributed by atoms with van der Waals surface area (Å²) in [6, 6.07) is 14.5. The maximum Gasteiger partial charge on any atom is 0.325 e. The molecule has 2 aromatic carbocycles. The molecule has 0 saturated carbocycles. The van der Waals surface area contributed by atoms with Gasteiger partial charge < -0.3 is 9.30 Å². The highest BCUT2D eigenvalue weighted by atomic mass is 16.6. The number of esters is 1. The summed E-state index contributed by atoms with van der Waals surface area (Å²) < 4.78 is 7.06. The summed E-state index contributed by atoms with van der Waals surface area (Å²) in [4.78, 5) is 22.4. The Balaban J connectivity index is 1.99. The van der Waals surface area contributed by atoms with Gasteiger partial charge in [0.2, 0.25) is 0 Å². The largest absolute Gasteiger partial charge is 0.465 e. The Bertz CT molecular complexity index is 958. The van der Waals surface area contributed by atoms with Crippen molar-refractivity contribution < 1.29 is 14.5 Å². The molecule has 0 atom stereocenters. The predicted molar refractivity (Wildman–Crippen MR) is 99.2 cm³/mol. The van der Waals surface area contributed by atoms with Crippen molar-refractivity contribution in [1.82, 2.24) is 4.57 Å². The number of nitrogens with zero attached hydrogens (tertiary/aromatic N) is 2. The molecular formula is C20H20N2O4. The number of nitro groups is 1. The standard InChI is InChI=1S/C20H20N2O4/c1-3-26-20(23)13-21-14(2)18(17-6-4-5-7-19(17)21)12-15-8-10-16(11-9-15)22(24)25/h4-11H,3,12-13H2,1-2H3. The van der Waals surface area contributed by atoms with Crippen molar-refractivity contribution >= 4 is 22.6 Å². The number of hydrogen-bond donors (Lipinski definition) is 0. The molecule has 0 spiro atoms. The number of carbonyl (C=O) groups excluding carboxylic acids is 1. The fraction of sp³-hybridized carbons (Fsp3) is 0.250. The first-order valence-electron chi connectivity index (χ1n) is 8.47. The molecule has 0 aliphatic rings. The minimum Gasteiger partial charge on any atom is -0.465 e. The minimum atomic E-state index is -0.403. The van der Waals surface area contributed by atoms with Gasteiger partial charge in [0.15, 0.2) is 0 Å². The molecule has 0 aliphatic carbocycles. The normalized spacial score (nSPS) is 10.8. The van der Waals surface area contributed by atoms with Crippen molar-refractivity contribution in [3.63, 3.8) is 0 Å². The van der Waals surface area contributed by atoms with Crippen molar-refractivity contribution in [2.24, 2.45) is 0 Å². The van der Waals surface area contributed by atoms with Crippen LogP contribution >= 0.6 is 0 Å². The smallest absolute Gasteiger partial charge is 0.325 e. The van der Waals surface area contributed by atoms with Gasteiger partial charge in [0.25, 0.3) is 5.69 Å². The summed E-state index contributed by atoms with van der Waals surface area (Å²) in [6.07, 6.45) is 0.639. The Morgan fingerprint density at radius 3 is 2.50 bits per heavy atom. The number of ether oxygens (including phenoxy) is 1. The third-order valence-electron chi connectivity index (χ3n) is 4.48. The Morgan fingerprint density at radius 2 is 1.85 bits per heavy atom. The maximum atomic E-state index is 12.0. The molecule has 0 aliphatic heterocycles. The zero-order valence-electron chi connectivity index (χ0n) is 14.8. The number of rotatable bonds is 6. The van der Waals surface area contributed by atoms with Crippen LogP contribution in [0.25, 0.3) is 10.9 Å². The molecule has 6 nitrogen and oxygen atoms in total. The van der Waals surface area contributed by atoms with E-state index in [1.54, 1.807) is 19.1 Å². The van der Waals surface area contributed by atoms with Crippen LogP contribution in [-0.2, 0) is 22.5 Å². The molecule has 0 saturated heterocycles. The van der Waals surface area contributed by atoms with Gasteiger partial charge in [-0.3, -0.25) is 14.9 Å². The average Bonchev–Trinajstić information content (AvgIpc) is 2.88. The maximum absolute atomic E-state index is 12.0. The molecule has 0 unspecified atom stereocenters. The zero-order chi connectivity index (χ0) is 18.7. The highest BCUT2D eigenvalue weighted by Gasteiger charge is 2.17. The van der Waals surface area contributed by atoms with Crippen LogP contribution in [0.5, 0.6) is 0 Å². The van der Waals surface area contributed by atoms with E-state index in [0.29, 0.717) is 13.0 Å². The molecular weight excluding hydrogens is 332 g/mol. The van der Waals surface area contributed by atoms with E-state index in [4.69, 9.17) is 4.74 Å². The van der Waals surface area contributed by atoms with Crippen LogP contribution in [-0.4, -0.2) is 22.1 Å². The number of non-ortho nitro benzene ring substituents is 1. The van der Waals surface area contributed by atoms with Crippen molar-refractivity contribution in [1.29, 1.82) is 0 Å². The van der Waals surface area contributed by atoms with E-state index in [1.165, 1.54) is 12.1 Å². The molecule has 1 aromatic heterocycles. The highest BCUT2D eigenvalue weighted by molar-refractivity contribution is 5.87. The number of fused-ring (bicyclic) bond motifs is 1. The minimum absolute atomic E-state index is 0.0789. The number of benzene rings is 2. The molecule has 1 heterocycles. The van der Waals surface area contributed by atoms with Crippen LogP contribution in [0.15, 0.2) is 48.5 Å². The summed E-state index contributed by atoms with van der Waals surface area (Å²) in [5.41, 5.74) is 4.15. The topological polar surface area (TPSA) is 74.4 Å². The van der Waals surface area contributed by atoms with Crippen LogP contribution in [0.2, 0.25) is 0 Å². The first-order chi connectivity index (χ1) is 12.5. The van der Waals surface area contributed by atoms with Crippen molar-refractivity contribution in [3.05, 3.63) is 75.5 Å². The summed E-state index contributed by atoms with van der Waals surface area (Å²) in [7, 11) is 0. The van der Waals surface area contributed by atoms with Crippen LogP contribution in [0.1, 0.15) is 23.7 Å². The molecule has 0 fully saturated rings. The van der Waals surface area contributed by atoms with Gasteiger partial charge in [-0.2, -0.15) is 0 Å². The fourth-order valence-electron chi connectivity index (χ4n) is 3.20. The van der Waals surface area contributed by atoms with Gasteiger partial charge in [0.1, 0.15) is 6.54 Å². The zero-order valence-corrected chi connectivity index (χ0v) is 14.8. The van der Waals surface area contributed by atoms with E-state index in [0.717, 1.165) is 27.7 Å². The predicted octanol–water partition coefficient (Wildman–Crippen LogP) is 4.01. The summed E-state index contributed by atoms with van der Waals surface area (Å²) >= 11 is 0. The van der Waals surface area contributed by atoms with Gasteiger partial charge in [-0.05, 0) is 37.5 Å². The van der Waals surface area contributed by atoms with Crippen molar-refractivity contribution in [2.45, 2.75) is 26.8 Å². The SMILES string of the molecule is CCOC(=O)Cn1c(C)c(Cc2ccc([N+](=O)[O-])cc2)c2ccccc21. The monoisotopic (exact) mass is 352 g/mol. The van der Waals surface area contributed by atoms with Crippen LogP contribution < -0.4 is 0 Å². The van der Waals surface area contributed by atoms with Gasteiger partial charge in [-0.25, -0.2) is 0 Å². The molecule has 3 rings (SSSR count). The Morgan fingerprint density at radius 1 is 1.15 bits per heavy atom. The average molecular weight is 352 g/mol. The van der Waals surface area contributed by atoms with E-state index in [-0.39, 0.29) is 18.2 Å². The highest BCUT2D eigenvalue weighted by Crippen LogP contribution is 2.28. The lowest BCUT2D eigenvalue weighted by atomic mass is 10.0. The number of nitro benzene ring substituents is 1. The van der Waals surface area contributed by atoms with Gasteiger partial charge in [-0.15, -0.1) is 0 Å². The van der Waals surface area contributed by atoms with Crippen molar-refractivity contribution in [3.8, 4) is 0 Å². The Hall–Kier alpha value is -3.15. The van der Waals surface area contributed by atoms with E-state index in [1.807, 2.05) is 35.8 Å². The summed E-state index contributed by atoms with van der Waals surface area (Å²) in [5, 5.41) is 11.9. The quantitative estimate of drug-likeness (QED) is 0.382. The summed E-state index contributed by atoms with van der Waals surface area (Å²) in [5.74, 6) is -0.266. The lowest BCUT2D eigenvalue weighted by molar-refractivity contribution is -0.384. The first-order valence-corrected chi connectivity index (χ1v) is 8.47. The van der Waals surface area contributed by atoms with E-state index >= 15 is 0 Å². The second kappa shape index (κ2) is 7.39. The number of carbonyl (C=O) groups is 1. The van der Waals surface area contributed by atoms with Crippen molar-refractivity contribution in [2.75, 3.05) is 6.61 Å². The molecule has 26 heavy (non-hydrogen) atoms. The van der Waals surface area contributed by atoms with E-state index < -0.39 is 4.92 Å². The molecule has 0 amide bonds. The number of hydrogen-bond acceptors (Lipinski definition) is 4. The fourth-order valence-corrected chi connectivity index (χ4v) is 3.20. The lowest BCUT2D eigenvalue weighted by Crippen LogP contribution is -2.14. The first kappa shape index (κ1) is 17.7. The summed E-state index contributed by atoms with van der Waals surface area (Å²) in [6.45, 7) is 4.30. The molecule has 0 bridgehead atoms. The van der Waals surface area contributed by atoms with E-state index in [2.05, 4.69) is 0 Å². The third-order valence-corrected chi connectivity index (χ3v) is 4.48. The molecule has 134 valence electrons. The molecule has 0 radical (unpaired) electrons. The molecule has 3 aromatic rings. The molecule has 0 N–H and O–H groups in total. The van der Waals surface area contributed by atoms with Crippen LogP contribution in [0.4, 0.5) is 5.69 Å². The second-order valence-corrected chi connectivity index (χ2v) is 6.07. The van der Waals surface area contributed by atoms with Gasteiger partial charge in [-0.1, -0.05) is 30.3 Å². The number of para-hydroxylation sites is 1.